The third kappa shape index (κ3) is 5.47. The minimum absolute atomic E-state index is 0.546. The monoisotopic (exact) mass is 368 g/mol. The molecule has 2 aromatic carbocycles. The number of benzene rings is 2. The molecule has 3 rings (SSSR count). The van der Waals surface area contributed by atoms with Crippen LogP contribution in [0.2, 0.25) is 0 Å². The minimum Gasteiger partial charge on any atom is -0.490 e. The van der Waals surface area contributed by atoms with Gasteiger partial charge >= 0.3 is 0 Å². The van der Waals surface area contributed by atoms with Crippen LogP contribution in [-0.4, -0.2) is 37.2 Å². The summed E-state index contributed by atoms with van der Waals surface area (Å²) in [5, 5.41) is 3.64. The Hall–Kier alpha value is -2.04. The van der Waals surface area contributed by atoms with Crippen molar-refractivity contribution in [2.24, 2.45) is 0 Å². The second kappa shape index (κ2) is 10.3. The molecule has 0 unspecified atom stereocenters. The molecule has 146 valence electrons. The van der Waals surface area contributed by atoms with Crippen molar-refractivity contribution in [2.75, 3.05) is 26.2 Å². The molecule has 1 saturated heterocycles. The summed E-state index contributed by atoms with van der Waals surface area (Å²) >= 11 is 0. The van der Waals surface area contributed by atoms with Crippen LogP contribution in [0.25, 0.3) is 0 Å². The van der Waals surface area contributed by atoms with E-state index in [9.17, 15) is 0 Å². The number of likely N-dealkylation sites (tertiary alicyclic amines) is 1. The second-order valence-electron chi connectivity index (χ2n) is 7.01. The van der Waals surface area contributed by atoms with Gasteiger partial charge in [0, 0.05) is 24.7 Å². The highest BCUT2D eigenvalue weighted by atomic mass is 16.5. The Labute approximate surface area is 163 Å². The maximum absolute atomic E-state index is 6.20. The molecule has 1 aliphatic heterocycles. The van der Waals surface area contributed by atoms with Crippen LogP contribution in [0.3, 0.4) is 0 Å². The number of para-hydroxylation sites is 1. The average molecular weight is 369 g/mol. The number of rotatable bonds is 10. The molecule has 1 atom stereocenters. The topological polar surface area (TPSA) is 33.7 Å². The van der Waals surface area contributed by atoms with Crippen molar-refractivity contribution in [2.45, 2.75) is 45.9 Å². The Morgan fingerprint density at radius 1 is 1.04 bits per heavy atom. The van der Waals surface area contributed by atoms with Crippen molar-refractivity contribution in [1.82, 2.24) is 10.2 Å². The van der Waals surface area contributed by atoms with E-state index < -0.39 is 0 Å². The van der Waals surface area contributed by atoms with Gasteiger partial charge in [-0.3, -0.25) is 4.90 Å². The predicted octanol–water partition coefficient (Wildman–Crippen LogP) is 4.24. The normalized spacial score (nSPS) is 17.2. The molecule has 4 nitrogen and oxygen atoms in total. The van der Waals surface area contributed by atoms with E-state index in [1.165, 1.54) is 19.4 Å². The summed E-state index contributed by atoms with van der Waals surface area (Å²) in [4.78, 5) is 2.57. The fourth-order valence-corrected chi connectivity index (χ4v) is 3.78. The highest BCUT2D eigenvalue weighted by Gasteiger charge is 2.22. The van der Waals surface area contributed by atoms with Gasteiger partial charge in [0.1, 0.15) is 6.61 Å². The molecule has 1 heterocycles. The van der Waals surface area contributed by atoms with Crippen LogP contribution >= 0.6 is 0 Å². The van der Waals surface area contributed by atoms with E-state index in [2.05, 4.69) is 35.3 Å². The van der Waals surface area contributed by atoms with E-state index in [1.807, 2.05) is 37.3 Å². The summed E-state index contributed by atoms with van der Waals surface area (Å²) in [7, 11) is 0. The second-order valence-corrected chi connectivity index (χ2v) is 7.01. The third-order valence-corrected chi connectivity index (χ3v) is 5.19. The molecule has 27 heavy (non-hydrogen) atoms. The Morgan fingerprint density at radius 2 is 1.89 bits per heavy atom. The van der Waals surface area contributed by atoms with Crippen molar-refractivity contribution < 1.29 is 9.47 Å². The first kappa shape index (κ1) is 19.7. The molecule has 0 saturated carbocycles. The summed E-state index contributed by atoms with van der Waals surface area (Å²) in [6.07, 6.45) is 2.60. The van der Waals surface area contributed by atoms with Gasteiger partial charge in [0.2, 0.25) is 0 Å². The van der Waals surface area contributed by atoms with Gasteiger partial charge in [0.15, 0.2) is 11.5 Å². The molecule has 1 aliphatic rings. The molecule has 0 aromatic heterocycles. The van der Waals surface area contributed by atoms with Crippen molar-refractivity contribution in [3.8, 4) is 11.5 Å². The highest BCUT2D eigenvalue weighted by Crippen LogP contribution is 2.32. The zero-order valence-corrected chi connectivity index (χ0v) is 16.6. The summed E-state index contributed by atoms with van der Waals surface area (Å²) in [5.74, 6) is 1.68. The van der Waals surface area contributed by atoms with Crippen LogP contribution in [0.5, 0.6) is 11.5 Å². The van der Waals surface area contributed by atoms with Crippen LogP contribution < -0.4 is 14.8 Å². The number of hydrogen-bond donors (Lipinski definition) is 1. The van der Waals surface area contributed by atoms with Crippen LogP contribution in [0, 0.1) is 0 Å². The highest BCUT2D eigenvalue weighted by molar-refractivity contribution is 5.46. The summed E-state index contributed by atoms with van der Waals surface area (Å²) in [6.45, 7) is 9.61. The van der Waals surface area contributed by atoms with Gasteiger partial charge in [0.05, 0.1) is 6.61 Å². The lowest BCUT2D eigenvalue weighted by atomic mass is 10.1. The largest absolute Gasteiger partial charge is 0.490 e. The van der Waals surface area contributed by atoms with Gasteiger partial charge in [-0.15, -0.1) is 0 Å². The van der Waals surface area contributed by atoms with Crippen LogP contribution in [0.15, 0.2) is 48.5 Å². The van der Waals surface area contributed by atoms with Crippen LogP contribution in [-0.2, 0) is 13.2 Å². The fraction of sp³-hybridized carbons (Fsp3) is 0.478. The van der Waals surface area contributed by atoms with Gasteiger partial charge in [-0.05, 0) is 44.5 Å². The predicted molar refractivity (Wildman–Crippen MR) is 110 cm³/mol. The summed E-state index contributed by atoms with van der Waals surface area (Å²) in [6, 6.07) is 17.1. The summed E-state index contributed by atoms with van der Waals surface area (Å²) in [5.41, 5.74) is 2.31. The molecule has 0 spiro atoms. The van der Waals surface area contributed by atoms with Crippen molar-refractivity contribution in [3.05, 3.63) is 59.7 Å². The van der Waals surface area contributed by atoms with E-state index in [-0.39, 0.29) is 0 Å². The molecule has 0 amide bonds. The van der Waals surface area contributed by atoms with E-state index in [0.717, 1.165) is 42.3 Å². The van der Waals surface area contributed by atoms with E-state index >= 15 is 0 Å². The first-order valence-electron chi connectivity index (χ1n) is 10.2. The average Bonchev–Trinajstić information content (AvgIpc) is 3.16. The summed E-state index contributed by atoms with van der Waals surface area (Å²) < 4.78 is 12.0. The Bertz CT molecular complexity index is 690. The quantitative estimate of drug-likeness (QED) is 0.680. The molecular weight excluding hydrogens is 336 g/mol. The number of likely N-dealkylation sites (N-methyl/N-ethyl adjacent to an activating group) is 1. The van der Waals surface area contributed by atoms with Gasteiger partial charge in [0.25, 0.3) is 0 Å². The molecule has 1 N–H and O–H groups in total. The van der Waals surface area contributed by atoms with E-state index in [0.29, 0.717) is 19.3 Å². The maximum atomic E-state index is 6.20. The number of nitrogens with zero attached hydrogens (tertiary/aromatic N) is 1. The van der Waals surface area contributed by atoms with Gasteiger partial charge < -0.3 is 14.8 Å². The molecular formula is C23H32N2O2. The Balaban J connectivity index is 1.65. The Kier molecular flexibility index (Phi) is 7.55. The van der Waals surface area contributed by atoms with Crippen molar-refractivity contribution in [3.63, 3.8) is 0 Å². The smallest absolute Gasteiger partial charge is 0.166 e. The van der Waals surface area contributed by atoms with Crippen molar-refractivity contribution >= 4 is 0 Å². The lowest BCUT2D eigenvalue weighted by Gasteiger charge is -2.23. The standard InChI is InChI=1S/C23H32N2O2/c1-3-25-15-9-13-21(25)17-24-16-20-12-8-14-22(26-4-2)23(20)27-18-19-10-6-5-7-11-19/h5-8,10-12,14,21,24H,3-4,9,13,15-18H2,1-2H3/t21-/m1/s1. The maximum Gasteiger partial charge on any atom is 0.166 e. The molecule has 1 fully saturated rings. The molecule has 0 radical (unpaired) electrons. The first-order chi connectivity index (χ1) is 13.3. The zero-order valence-electron chi connectivity index (χ0n) is 16.6. The lowest BCUT2D eigenvalue weighted by molar-refractivity contribution is 0.256. The van der Waals surface area contributed by atoms with Crippen molar-refractivity contribution in [1.29, 1.82) is 0 Å². The molecule has 0 aliphatic carbocycles. The number of ether oxygens (including phenoxy) is 2. The molecule has 2 aromatic rings. The third-order valence-electron chi connectivity index (χ3n) is 5.19. The van der Waals surface area contributed by atoms with Crippen LogP contribution in [0.4, 0.5) is 0 Å². The van der Waals surface area contributed by atoms with Gasteiger partial charge in [-0.1, -0.05) is 49.4 Å². The Morgan fingerprint density at radius 3 is 2.67 bits per heavy atom. The van der Waals surface area contributed by atoms with Crippen LogP contribution in [0.1, 0.15) is 37.8 Å². The SMILES string of the molecule is CCOc1cccc(CNC[C@H]2CCCN2CC)c1OCc1ccccc1. The molecule has 0 bridgehead atoms. The molecule has 4 heteroatoms. The van der Waals surface area contributed by atoms with Gasteiger partial charge in [-0.25, -0.2) is 0 Å². The minimum atomic E-state index is 0.546. The number of nitrogens with one attached hydrogen (secondary N) is 1. The number of hydrogen-bond acceptors (Lipinski definition) is 4. The van der Waals surface area contributed by atoms with Gasteiger partial charge in [-0.2, -0.15) is 0 Å². The first-order valence-corrected chi connectivity index (χ1v) is 10.2. The van der Waals surface area contributed by atoms with E-state index in [4.69, 9.17) is 9.47 Å². The fourth-order valence-electron chi connectivity index (χ4n) is 3.78. The zero-order chi connectivity index (χ0) is 18.9. The van der Waals surface area contributed by atoms with E-state index in [1.54, 1.807) is 0 Å². The lowest BCUT2D eigenvalue weighted by Crippen LogP contribution is -2.37.